The number of imidazole rings is 1. The van der Waals surface area contributed by atoms with E-state index in [1.807, 2.05) is 18.3 Å². The van der Waals surface area contributed by atoms with Gasteiger partial charge in [0.25, 0.3) is 0 Å². The topological polar surface area (TPSA) is 29.8 Å². The molecule has 0 aliphatic carbocycles. The molecule has 18 heavy (non-hydrogen) atoms. The highest BCUT2D eigenvalue weighted by molar-refractivity contribution is 9.10. The van der Waals surface area contributed by atoms with Crippen molar-refractivity contribution in [2.75, 3.05) is 19.8 Å². The van der Waals surface area contributed by atoms with Crippen LogP contribution in [0.25, 0.3) is 5.65 Å². The van der Waals surface area contributed by atoms with Gasteiger partial charge in [0.1, 0.15) is 5.65 Å². The number of hydrogen-bond donors (Lipinski definition) is 0. The van der Waals surface area contributed by atoms with E-state index in [1.54, 1.807) is 0 Å². The third-order valence-electron chi connectivity index (χ3n) is 3.34. The van der Waals surface area contributed by atoms with Crippen LogP contribution in [0.1, 0.15) is 12.6 Å². The zero-order valence-corrected chi connectivity index (χ0v) is 11.9. The number of rotatable bonds is 2. The van der Waals surface area contributed by atoms with Crippen LogP contribution < -0.4 is 0 Å². The first-order chi connectivity index (χ1) is 8.72. The van der Waals surface area contributed by atoms with Gasteiger partial charge in [0.2, 0.25) is 0 Å². The van der Waals surface area contributed by atoms with Crippen LogP contribution in [-0.2, 0) is 11.3 Å². The van der Waals surface area contributed by atoms with Crippen LogP contribution in [-0.4, -0.2) is 40.1 Å². The molecule has 3 heterocycles. The van der Waals surface area contributed by atoms with Gasteiger partial charge < -0.3 is 9.14 Å². The molecule has 0 bridgehead atoms. The Hall–Kier alpha value is -0.910. The molecule has 3 rings (SSSR count). The van der Waals surface area contributed by atoms with Crippen LogP contribution in [0.15, 0.2) is 29.0 Å². The standard InChI is InChI=1S/C13H16BrN3O/c1-10-9-18-5-4-16(10)7-12-8-17-6-11(14)2-3-13(17)15-12/h2-3,6,8,10H,4-5,7,9H2,1H3. The molecule has 0 radical (unpaired) electrons. The van der Waals surface area contributed by atoms with Crippen molar-refractivity contribution in [2.45, 2.75) is 19.5 Å². The van der Waals surface area contributed by atoms with Crippen molar-refractivity contribution in [3.63, 3.8) is 0 Å². The second kappa shape index (κ2) is 4.99. The summed E-state index contributed by atoms with van der Waals surface area (Å²) in [6, 6.07) is 4.51. The number of halogens is 1. The number of fused-ring (bicyclic) bond motifs is 1. The first kappa shape index (κ1) is 12.1. The minimum atomic E-state index is 0.468. The Balaban J connectivity index is 1.81. The van der Waals surface area contributed by atoms with Crippen molar-refractivity contribution in [3.05, 3.63) is 34.7 Å². The molecule has 1 aliphatic rings. The first-order valence-electron chi connectivity index (χ1n) is 6.17. The molecule has 0 spiro atoms. The van der Waals surface area contributed by atoms with Gasteiger partial charge in [-0.15, -0.1) is 0 Å². The number of morpholine rings is 1. The van der Waals surface area contributed by atoms with E-state index < -0.39 is 0 Å². The summed E-state index contributed by atoms with van der Waals surface area (Å²) >= 11 is 3.47. The number of ether oxygens (including phenoxy) is 1. The first-order valence-corrected chi connectivity index (χ1v) is 6.96. The van der Waals surface area contributed by atoms with Gasteiger partial charge in [0.15, 0.2) is 0 Å². The van der Waals surface area contributed by atoms with Crippen LogP contribution in [0.5, 0.6) is 0 Å². The average molecular weight is 310 g/mol. The summed E-state index contributed by atoms with van der Waals surface area (Å²) in [6.07, 6.45) is 4.14. The molecule has 1 aliphatic heterocycles. The van der Waals surface area contributed by atoms with Gasteiger partial charge in [-0.1, -0.05) is 0 Å². The predicted octanol–water partition coefficient (Wildman–Crippen LogP) is 2.32. The molecule has 96 valence electrons. The summed E-state index contributed by atoms with van der Waals surface area (Å²) < 4.78 is 8.58. The van der Waals surface area contributed by atoms with Gasteiger partial charge in [-0.05, 0) is 35.0 Å². The maximum atomic E-state index is 5.45. The van der Waals surface area contributed by atoms with E-state index >= 15 is 0 Å². The fraction of sp³-hybridized carbons (Fsp3) is 0.462. The molecule has 1 saturated heterocycles. The summed E-state index contributed by atoms with van der Waals surface area (Å²) in [5.41, 5.74) is 2.11. The molecule has 0 N–H and O–H groups in total. The molecule has 5 heteroatoms. The van der Waals surface area contributed by atoms with Gasteiger partial charge in [-0.2, -0.15) is 0 Å². The summed E-state index contributed by atoms with van der Waals surface area (Å²) in [5.74, 6) is 0. The highest BCUT2D eigenvalue weighted by Gasteiger charge is 2.19. The minimum Gasteiger partial charge on any atom is -0.379 e. The van der Waals surface area contributed by atoms with Gasteiger partial charge >= 0.3 is 0 Å². The van der Waals surface area contributed by atoms with Gasteiger partial charge in [0.05, 0.1) is 18.9 Å². The molecular formula is C13H16BrN3O. The number of pyridine rings is 1. The van der Waals surface area contributed by atoms with Gasteiger partial charge in [-0.3, -0.25) is 4.90 Å². The van der Waals surface area contributed by atoms with E-state index in [2.05, 4.69) is 43.3 Å². The quantitative estimate of drug-likeness (QED) is 0.853. The smallest absolute Gasteiger partial charge is 0.137 e. The molecular weight excluding hydrogens is 294 g/mol. The SMILES string of the molecule is CC1COCCN1Cc1cn2cc(Br)ccc2n1. The fourth-order valence-corrected chi connectivity index (χ4v) is 2.65. The summed E-state index contributed by atoms with van der Waals surface area (Å²) in [6.45, 7) is 5.72. The second-order valence-electron chi connectivity index (χ2n) is 4.74. The molecule has 1 atom stereocenters. The summed E-state index contributed by atoms with van der Waals surface area (Å²) in [7, 11) is 0. The zero-order chi connectivity index (χ0) is 12.5. The van der Waals surface area contributed by atoms with Crippen molar-refractivity contribution in [1.29, 1.82) is 0 Å². The van der Waals surface area contributed by atoms with E-state index in [9.17, 15) is 0 Å². The minimum absolute atomic E-state index is 0.468. The highest BCUT2D eigenvalue weighted by Crippen LogP contribution is 2.15. The Morgan fingerprint density at radius 1 is 1.44 bits per heavy atom. The van der Waals surface area contributed by atoms with Crippen molar-refractivity contribution < 1.29 is 4.74 Å². The van der Waals surface area contributed by atoms with Crippen molar-refractivity contribution in [3.8, 4) is 0 Å². The third kappa shape index (κ3) is 2.43. The monoisotopic (exact) mass is 309 g/mol. The lowest BCUT2D eigenvalue weighted by Gasteiger charge is -2.32. The van der Waals surface area contributed by atoms with Gasteiger partial charge in [-0.25, -0.2) is 4.98 Å². The maximum Gasteiger partial charge on any atom is 0.137 e. The molecule has 0 aromatic carbocycles. The maximum absolute atomic E-state index is 5.45. The number of nitrogens with zero attached hydrogens (tertiary/aromatic N) is 3. The molecule has 0 amide bonds. The van der Waals surface area contributed by atoms with Crippen LogP contribution in [0, 0.1) is 0 Å². The molecule has 1 fully saturated rings. The predicted molar refractivity (Wildman–Crippen MR) is 73.6 cm³/mol. The van der Waals surface area contributed by atoms with E-state index in [1.165, 1.54) is 0 Å². The average Bonchev–Trinajstić information content (AvgIpc) is 2.73. The lowest BCUT2D eigenvalue weighted by molar-refractivity contribution is -0.00484. The number of aromatic nitrogens is 2. The largest absolute Gasteiger partial charge is 0.379 e. The highest BCUT2D eigenvalue weighted by atomic mass is 79.9. The van der Waals surface area contributed by atoms with Crippen LogP contribution in [0.2, 0.25) is 0 Å². The fourth-order valence-electron chi connectivity index (χ4n) is 2.30. The van der Waals surface area contributed by atoms with Crippen molar-refractivity contribution in [1.82, 2.24) is 14.3 Å². The Morgan fingerprint density at radius 2 is 2.33 bits per heavy atom. The van der Waals surface area contributed by atoms with Crippen LogP contribution in [0.4, 0.5) is 0 Å². The Morgan fingerprint density at radius 3 is 3.17 bits per heavy atom. The van der Waals surface area contributed by atoms with E-state index in [4.69, 9.17) is 4.74 Å². The lowest BCUT2D eigenvalue weighted by Crippen LogP contribution is -2.42. The molecule has 0 saturated carbocycles. The Kier molecular flexibility index (Phi) is 3.37. The molecule has 4 nitrogen and oxygen atoms in total. The third-order valence-corrected chi connectivity index (χ3v) is 3.80. The van der Waals surface area contributed by atoms with Crippen molar-refractivity contribution >= 4 is 21.6 Å². The van der Waals surface area contributed by atoms with E-state index in [0.717, 1.165) is 42.1 Å². The lowest BCUT2D eigenvalue weighted by atomic mass is 10.2. The van der Waals surface area contributed by atoms with Gasteiger partial charge in [0, 0.05) is 36.0 Å². The Bertz CT molecular complexity index is 554. The summed E-state index contributed by atoms with van der Waals surface area (Å²) in [4.78, 5) is 7.06. The van der Waals surface area contributed by atoms with E-state index in [0.29, 0.717) is 6.04 Å². The molecule has 2 aromatic heterocycles. The summed E-state index contributed by atoms with van der Waals surface area (Å²) in [5, 5.41) is 0. The normalized spacial score (nSPS) is 21.6. The van der Waals surface area contributed by atoms with E-state index in [-0.39, 0.29) is 0 Å². The Labute approximate surface area is 115 Å². The van der Waals surface area contributed by atoms with Crippen molar-refractivity contribution in [2.24, 2.45) is 0 Å². The second-order valence-corrected chi connectivity index (χ2v) is 5.66. The molecule has 1 unspecified atom stereocenters. The van der Waals surface area contributed by atoms with Crippen LogP contribution in [0.3, 0.4) is 0 Å². The number of hydrogen-bond acceptors (Lipinski definition) is 3. The molecule has 2 aromatic rings. The van der Waals surface area contributed by atoms with Crippen LogP contribution >= 0.6 is 15.9 Å². The zero-order valence-electron chi connectivity index (χ0n) is 10.3.